The Morgan fingerprint density at radius 3 is 2.43 bits per heavy atom. The molecule has 1 aliphatic heterocycles. The molecular formula is C17H22Cl2O2. The van der Waals surface area contributed by atoms with Crippen molar-refractivity contribution in [2.24, 2.45) is 5.92 Å². The summed E-state index contributed by atoms with van der Waals surface area (Å²) in [6.07, 6.45) is 7.38. The fraction of sp³-hybridized carbons (Fsp3) is 0.647. The Labute approximate surface area is 136 Å². The van der Waals surface area contributed by atoms with Crippen molar-refractivity contribution in [3.8, 4) is 0 Å². The Bertz CT molecular complexity index is 472. The number of aliphatic hydroxyl groups is 1. The third-order valence-corrected chi connectivity index (χ3v) is 5.41. The van der Waals surface area contributed by atoms with E-state index in [9.17, 15) is 5.11 Å². The van der Waals surface area contributed by atoms with Crippen LogP contribution in [-0.4, -0.2) is 17.3 Å². The van der Waals surface area contributed by atoms with Crippen molar-refractivity contribution >= 4 is 23.2 Å². The van der Waals surface area contributed by atoms with Crippen molar-refractivity contribution in [3.05, 3.63) is 33.8 Å². The molecular weight excluding hydrogens is 307 g/mol. The molecule has 0 aromatic heterocycles. The quantitative estimate of drug-likeness (QED) is 0.812. The summed E-state index contributed by atoms with van der Waals surface area (Å²) in [6.45, 7) is 0.746. The average Bonchev–Trinajstić information content (AvgIpc) is 2.46. The molecule has 0 radical (unpaired) electrons. The van der Waals surface area contributed by atoms with Crippen molar-refractivity contribution in [2.45, 2.75) is 56.7 Å². The minimum atomic E-state index is -0.510. The highest BCUT2D eigenvalue weighted by Gasteiger charge is 2.40. The number of rotatable bonds is 2. The lowest BCUT2D eigenvalue weighted by atomic mass is 9.74. The molecule has 1 heterocycles. The van der Waals surface area contributed by atoms with E-state index in [0.29, 0.717) is 10.0 Å². The van der Waals surface area contributed by atoms with E-state index < -0.39 is 6.10 Å². The molecule has 1 saturated carbocycles. The molecule has 2 fully saturated rings. The van der Waals surface area contributed by atoms with Gasteiger partial charge in [-0.2, -0.15) is 0 Å². The van der Waals surface area contributed by atoms with Crippen molar-refractivity contribution in [1.82, 2.24) is 0 Å². The second-order valence-electron chi connectivity index (χ2n) is 6.49. The molecule has 2 atom stereocenters. The summed E-state index contributed by atoms with van der Waals surface area (Å²) in [6, 6.07) is 5.34. The molecule has 1 aromatic carbocycles. The summed E-state index contributed by atoms with van der Waals surface area (Å²) >= 11 is 12.1. The zero-order valence-electron chi connectivity index (χ0n) is 12.2. The molecule has 116 valence electrons. The lowest BCUT2D eigenvalue weighted by Gasteiger charge is -2.44. The van der Waals surface area contributed by atoms with Crippen LogP contribution in [0.2, 0.25) is 10.0 Å². The minimum Gasteiger partial charge on any atom is -0.388 e. The molecule has 2 unspecified atom stereocenters. The Balaban J connectivity index is 1.76. The number of hydrogen-bond donors (Lipinski definition) is 1. The molecule has 1 saturated heterocycles. The second-order valence-corrected chi connectivity index (χ2v) is 7.37. The summed E-state index contributed by atoms with van der Waals surface area (Å²) < 4.78 is 6.11. The molecule has 2 nitrogen and oxygen atoms in total. The molecule has 1 aliphatic carbocycles. The van der Waals surface area contributed by atoms with Gasteiger partial charge in [0, 0.05) is 16.7 Å². The molecule has 0 amide bonds. The van der Waals surface area contributed by atoms with E-state index in [-0.39, 0.29) is 11.5 Å². The zero-order valence-corrected chi connectivity index (χ0v) is 13.7. The predicted molar refractivity (Wildman–Crippen MR) is 85.9 cm³/mol. The van der Waals surface area contributed by atoms with Gasteiger partial charge in [-0.3, -0.25) is 0 Å². The normalized spacial score (nSPS) is 26.7. The van der Waals surface area contributed by atoms with Crippen molar-refractivity contribution < 1.29 is 9.84 Å². The Hall–Kier alpha value is -0.280. The van der Waals surface area contributed by atoms with E-state index in [1.165, 1.54) is 19.3 Å². The molecule has 0 bridgehead atoms. The fourth-order valence-corrected chi connectivity index (χ4v) is 4.44. The van der Waals surface area contributed by atoms with Gasteiger partial charge in [0.25, 0.3) is 0 Å². The fourth-order valence-electron chi connectivity index (χ4n) is 3.90. The van der Waals surface area contributed by atoms with Crippen LogP contribution < -0.4 is 0 Å². The summed E-state index contributed by atoms with van der Waals surface area (Å²) in [5.41, 5.74) is 0.829. The van der Waals surface area contributed by atoms with E-state index in [4.69, 9.17) is 27.9 Å². The van der Waals surface area contributed by atoms with Crippen LogP contribution in [0.25, 0.3) is 0 Å². The van der Waals surface area contributed by atoms with Crippen LogP contribution in [0.4, 0.5) is 0 Å². The molecule has 4 heteroatoms. The number of halogens is 2. The summed E-state index contributed by atoms with van der Waals surface area (Å²) in [4.78, 5) is 0. The molecule has 2 aliphatic rings. The number of benzene rings is 1. The third-order valence-electron chi connectivity index (χ3n) is 4.97. The summed E-state index contributed by atoms with van der Waals surface area (Å²) in [5.74, 6) is 0.228. The molecule has 3 rings (SSSR count). The van der Waals surface area contributed by atoms with Crippen LogP contribution in [0.1, 0.15) is 56.6 Å². The van der Waals surface area contributed by atoms with E-state index in [2.05, 4.69) is 0 Å². The Morgan fingerprint density at radius 1 is 1.10 bits per heavy atom. The van der Waals surface area contributed by atoms with Crippen LogP contribution in [0.3, 0.4) is 0 Å². The Morgan fingerprint density at radius 2 is 1.76 bits per heavy atom. The van der Waals surface area contributed by atoms with Gasteiger partial charge in [-0.15, -0.1) is 0 Å². The van der Waals surface area contributed by atoms with Crippen LogP contribution in [0, 0.1) is 5.92 Å². The Kier molecular flexibility index (Phi) is 4.80. The van der Waals surface area contributed by atoms with Crippen LogP contribution in [-0.2, 0) is 4.74 Å². The second kappa shape index (κ2) is 6.45. The van der Waals surface area contributed by atoms with E-state index in [1.807, 2.05) is 12.1 Å². The first-order valence-corrected chi connectivity index (χ1v) is 8.62. The number of ether oxygens (including phenoxy) is 1. The number of hydrogen-bond acceptors (Lipinski definition) is 2. The summed E-state index contributed by atoms with van der Waals surface area (Å²) in [5, 5.41) is 11.9. The van der Waals surface area contributed by atoms with Gasteiger partial charge in [0.05, 0.1) is 11.7 Å². The standard InChI is InChI=1S/C17H22Cl2O2/c18-14-8-13(9-15(19)10-14)16(20)12-4-7-21-17(11-12)5-2-1-3-6-17/h8-10,12,16,20H,1-7,11H2. The van der Waals surface area contributed by atoms with E-state index in [0.717, 1.165) is 37.9 Å². The first kappa shape index (κ1) is 15.6. The number of aliphatic hydroxyl groups excluding tert-OH is 1. The smallest absolute Gasteiger partial charge is 0.0821 e. The highest BCUT2D eigenvalue weighted by molar-refractivity contribution is 6.34. The van der Waals surface area contributed by atoms with Crippen molar-refractivity contribution in [1.29, 1.82) is 0 Å². The molecule has 1 spiro atoms. The van der Waals surface area contributed by atoms with Gasteiger partial charge in [-0.05, 0) is 55.4 Å². The molecule has 1 aromatic rings. The molecule has 1 N–H and O–H groups in total. The van der Waals surface area contributed by atoms with Gasteiger partial charge >= 0.3 is 0 Å². The van der Waals surface area contributed by atoms with Crippen LogP contribution in [0.5, 0.6) is 0 Å². The average molecular weight is 329 g/mol. The van der Waals surface area contributed by atoms with Gasteiger partial charge < -0.3 is 9.84 Å². The van der Waals surface area contributed by atoms with Gasteiger partial charge in [-0.1, -0.05) is 42.5 Å². The predicted octanol–water partition coefficient (Wildman–Crippen LogP) is 5.16. The van der Waals surface area contributed by atoms with Gasteiger partial charge in [0.1, 0.15) is 0 Å². The first-order chi connectivity index (χ1) is 10.1. The van der Waals surface area contributed by atoms with Gasteiger partial charge in [-0.25, -0.2) is 0 Å². The zero-order chi connectivity index (χ0) is 14.9. The maximum atomic E-state index is 10.7. The maximum Gasteiger partial charge on any atom is 0.0821 e. The van der Waals surface area contributed by atoms with Crippen molar-refractivity contribution in [2.75, 3.05) is 6.61 Å². The highest BCUT2D eigenvalue weighted by Crippen LogP contribution is 2.44. The lowest BCUT2D eigenvalue weighted by molar-refractivity contribution is -0.134. The van der Waals surface area contributed by atoms with Gasteiger partial charge in [0.2, 0.25) is 0 Å². The topological polar surface area (TPSA) is 29.5 Å². The van der Waals surface area contributed by atoms with E-state index >= 15 is 0 Å². The lowest BCUT2D eigenvalue weighted by Crippen LogP contribution is -2.42. The summed E-state index contributed by atoms with van der Waals surface area (Å²) in [7, 11) is 0. The first-order valence-electron chi connectivity index (χ1n) is 7.86. The maximum absolute atomic E-state index is 10.7. The highest BCUT2D eigenvalue weighted by atomic mass is 35.5. The van der Waals surface area contributed by atoms with Crippen LogP contribution in [0.15, 0.2) is 18.2 Å². The minimum absolute atomic E-state index is 0.00448. The van der Waals surface area contributed by atoms with Crippen molar-refractivity contribution in [3.63, 3.8) is 0 Å². The van der Waals surface area contributed by atoms with Gasteiger partial charge in [0.15, 0.2) is 0 Å². The SMILES string of the molecule is OC(c1cc(Cl)cc(Cl)c1)C1CCOC2(CCCCC2)C1. The van der Waals surface area contributed by atoms with E-state index in [1.54, 1.807) is 6.07 Å². The van der Waals surface area contributed by atoms with Crippen LogP contribution >= 0.6 is 23.2 Å². The third kappa shape index (κ3) is 3.56. The largest absolute Gasteiger partial charge is 0.388 e. The molecule has 21 heavy (non-hydrogen) atoms. The monoisotopic (exact) mass is 328 g/mol.